The topological polar surface area (TPSA) is 93.7 Å². The van der Waals surface area contributed by atoms with Crippen molar-refractivity contribution in [2.45, 2.75) is 13.0 Å². The first-order chi connectivity index (χ1) is 15.5. The molecule has 0 fully saturated rings. The van der Waals surface area contributed by atoms with Crippen molar-refractivity contribution in [2.75, 3.05) is 13.7 Å². The predicted octanol–water partition coefficient (Wildman–Crippen LogP) is 2.31. The summed E-state index contributed by atoms with van der Waals surface area (Å²) in [6.07, 6.45) is 1.77. The summed E-state index contributed by atoms with van der Waals surface area (Å²) in [5.74, 6) is 0.0647. The standard InChI is InChI=1S/C24H19N3O4S/c1-15-20(23(29)30-2)21(17-6-4-3-5-7-17)27-22(28)19(32-24(27)26-15)14-16-8-10-18(11-9-16)31-13-12-25/h3-11,14,21H,13H2,1-2H3. The summed E-state index contributed by atoms with van der Waals surface area (Å²) in [6.45, 7) is 1.72. The minimum Gasteiger partial charge on any atom is -0.479 e. The Morgan fingerprint density at radius 2 is 1.94 bits per heavy atom. The van der Waals surface area contributed by atoms with Gasteiger partial charge in [-0.3, -0.25) is 9.36 Å². The van der Waals surface area contributed by atoms with Gasteiger partial charge in [-0.05, 0) is 36.3 Å². The van der Waals surface area contributed by atoms with E-state index in [1.165, 1.54) is 18.4 Å². The van der Waals surface area contributed by atoms with Crippen LogP contribution in [0.5, 0.6) is 5.75 Å². The van der Waals surface area contributed by atoms with Gasteiger partial charge in [-0.1, -0.05) is 53.8 Å². The zero-order valence-electron chi connectivity index (χ0n) is 17.4. The van der Waals surface area contributed by atoms with E-state index in [-0.39, 0.29) is 12.2 Å². The summed E-state index contributed by atoms with van der Waals surface area (Å²) in [6, 6.07) is 17.8. The molecule has 0 aliphatic carbocycles. The molecular weight excluding hydrogens is 426 g/mol. The number of ether oxygens (including phenoxy) is 2. The van der Waals surface area contributed by atoms with Crippen molar-refractivity contribution in [2.24, 2.45) is 4.99 Å². The van der Waals surface area contributed by atoms with Gasteiger partial charge in [0, 0.05) is 0 Å². The molecule has 1 aliphatic heterocycles. The van der Waals surface area contributed by atoms with Gasteiger partial charge in [0.1, 0.15) is 11.8 Å². The molecule has 4 rings (SSSR count). The van der Waals surface area contributed by atoms with E-state index in [0.29, 0.717) is 26.4 Å². The number of carbonyl (C=O) groups is 1. The number of carbonyl (C=O) groups excluding carboxylic acids is 1. The molecule has 0 bridgehead atoms. The minimum absolute atomic E-state index is 0.0285. The van der Waals surface area contributed by atoms with Crippen molar-refractivity contribution in [3.05, 3.63) is 96.7 Å². The fourth-order valence-electron chi connectivity index (χ4n) is 3.57. The van der Waals surface area contributed by atoms with Gasteiger partial charge in [0.25, 0.3) is 5.56 Å². The Balaban J connectivity index is 1.85. The fraction of sp³-hybridized carbons (Fsp3) is 0.167. The number of hydrogen-bond donors (Lipinski definition) is 0. The Bertz CT molecular complexity index is 1410. The van der Waals surface area contributed by atoms with Gasteiger partial charge in [0.15, 0.2) is 11.4 Å². The molecule has 1 unspecified atom stereocenters. The van der Waals surface area contributed by atoms with Crippen LogP contribution in [-0.4, -0.2) is 24.3 Å². The molecule has 0 saturated carbocycles. The molecule has 1 atom stereocenters. The van der Waals surface area contributed by atoms with E-state index in [9.17, 15) is 9.59 Å². The number of fused-ring (bicyclic) bond motifs is 1. The van der Waals surface area contributed by atoms with Gasteiger partial charge in [-0.25, -0.2) is 9.79 Å². The van der Waals surface area contributed by atoms with Crippen LogP contribution in [0, 0.1) is 11.3 Å². The third-order valence-electron chi connectivity index (χ3n) is 5.02. The van der Waals surface area contributed by atoms with Crippen LogP contribution in [0.2, 0.25) is 0 Å². The van der Waals surface area contributed by atoms with Crippen LogP contribution in [0.15, 0.2) is 75.7 Å². The molecule has 1 aliphatic rings. The smallest absolute Gasteiger partial charge is 0.338 e. The quantitative estimate of drug-likeness (QED) is 0.562. The van der Waals surface area contributed by atoms with Crippen molar-refractivity contribution in [1.82, 2.24) is 4.57 Å². The van der Waals surface area contributed by atoms with Crippen molar-refractivity contribution in [1.29, 1.82) is 5.26 Å². The molecule has 0 radical (unpaired) electrons. The lowest BCUT2D eigenvalue weighted by Gasteiger charge is -2.24. The highest BCUT2D eigenvalue weighted by Crippen LogP contribution is 2.30. The van der Waals surface area contributed by atoms with Crippen LogP contribution in [0.1, 0.15) is 24.1 Å². The van der Waals surface area contributed by atoms with E-state index in [4.69, 9.17) is 14.7 Å². The molecule has 0 amide bonds. The first kappa shape index (κ1) is 21.3. The zero-order chi connectivity index (χ0) is 22.7. The lowest BCUT2D eigenvalue weighted by atomic mass is 9.96. The molecule has 0 spiro atoms. The van der Waals surface area contributed by atoms with E-state index in [2.05, 4.69) is 4.99 Å². The summed E-state index contributed by atoms with van der Waals surface area (Å²) < 4.78 is 12.3. The highest BCUT2D eigenvalue weighted by molar-refractivity contribution is 7.07. The van der Waals surface area contributed by atoms with Crippen LogP contribution in [-0.2, 0) is 9.53 Å². The average Bonchev–Trinajstić information content (AvgIpc) is 3.12. The highest BCUT2D eigenvalue weighted by atomic mass is 32.1. The fourth-order valence-corrected chi connectivity index (χ4v) is 4.62. The molecule has 2 heterocycles. The monoisotopic (exact) mass is 445 g/mol. The van der Waals surface area contributed by atoms with Gasteiger partial charge in [0.2, 0.25) is 0 Å². The summed E-state index contributed by atoms with van der Waals surface area (Å²) in [5.41, 5.74) is 2.24. The average molecular weight is 446 g/mol. The third-order valence-corrected chi connectivity index (χ3v) is 6.01. The summed E-state index contributed by atoms with van der Waals surface area (Å²) in [7, 11) is 1.32. The minimum atomic E-state index is -0.621. The molecule has 0 saturated heterocycles. The molecular formula is C24H19N3O4S. The normalized spacial score (nSPS) is 15.5. The van der Waals surface area contributed by atoms with Crippen LogP contribution in [0.4, 0.5) is 0 Å². The maximum Gasteiger partial charge on any atom is 0.338 e. The van der Waals surface area contributed by atoms with E-state index < -0.39 is 12.0 Å². The predicted molar refractivity (Wildman–Crippen MR) is 120 cm³/mol. The first-order valence-corrected chi connectivity index (χ1v) is 10.6. The maximum atomic E-state index is 13.4. The molecule has 32 heavy (non-hydrogen) atoms. The Hall–Kier alpha value is -3.96. The summed E-state index contributed by atoms with van der Waals surface area (Å²) in [4.78, 5) is 31.1. The number of nitrogens with zero attached hydrogens (tertiary/aromatic N) is 3. The Labute approximate surface area is 187 Å². The van der Waals surface area contributed by atoms with Gasteiger partial charge in [0.05, 0.1) is 29.0 Å². The Morgan fingerprint density at radius 3 is 2.59 bits per heavy atom. The third kappa shape index (κ3) is 3.98. The lowest BCUT2D eigenvalue weighted by Crippen LogP contribution is -2.39. The number of benzene rings is 2. The summed E-state index contributed by atoms with van der Waals surface area (Å²) in [5, 5.41) is 8.62. The zero-order valence-corrected chi connectivity index (χ0v) is 18.3. The second kappa shape index (κ2) is 9.04. The summed E-state index contributed by atoms with van der Waals surface area (Å²) >= 11 is 1.27. The number of aromatic nitrogens is 1. The SMILES string of the molecule is COC(=O)C1=C(C)N=c2sc(=Cc3ccc(OCC#N)cc3)c(=O)n2C1c1ccccc1. The number of hydrogen-bond acceptors (Lipinski definition) is 7. The largest absolute Gasteiger partial charge is 0.479 e. The molecule has 3 aromatic rings. The molecule has 8 heteroatoms. The number of rotatable bonds is 5. The van der Waals surface area contributed by atoms with Crippen molar-refractivity contribution in [3.8, 4) is 11.8 Å². The molecule has 160 valence electrons. The number of allylic oxidation sites excluding steroid dienone is 1. The molecule has 2 aromatic carbocycles. The van der Waals surface area contributed by atoms with Crippen LogP contribution >= 0.6 is 11.3 Å². The van der Waals surface area contributed by atoms with Gasteiger partial charge < -0.3 is 9.47 Å². The lowest BCUT2D eigenvalue weighted by molar-refractivity contribution is -0.136. The van der Waals surface area contributed by atoms with E-state index in [1.54, 1.807) is 29.7 Å². The number of esters is 1. The second-order valence-corrected chi connectivity index (χ2v) is 8.01. The number of thiazole rings is 1. The second-order valence-electron chi connectivity index (χ2n) is 7.00. The van der Waals surface area contributed by atoms with Crippen molar-refractivity contribution < 1.29 is 14.3 Å². The molecule has 1 aromatic heterocycles. The van der Waals surface area contributed by atoms with Crippen LogP contribution in [0.3, 0.4) is 0 Å². The number of methoxy groups -OCH3 is 1. The number of nitriles is 1. The maximum absolute atomic E-state index is 13.4. The Kier molecular flexibility index (Phi) is 6.01. The van der Waals surface area contributed by atoms with Crippen LogP contribution in [0.25, 0.3) is 6.08 Å². The van der Waals surface area contributed by atoms with Crippen LogP contribution < -0.4 is 19.6 Å². The van der Waals surface area contributed by atoms with E-state index in [1.807, 2.05) is 48.5 Å². The highest BCUT2D eigenvalue weighted by Gasteiger charge is 2.32. The van der Waals surface area contributed by atoms with Gasteiger partial charge in [-0.2, -0.15) is 5.26 Å². The van der Waals surface area contributed by atoms with E-state index in [0.717, 1.165) is 11.1 Å². The Morgan fingerprint density at radius 1 is 1.22 bits per heavy atom. The molecule has 7 nitrogen and oxygen atoms in total. The van der Waals surface area contributed by atoms with Crippen molar-refractivity contribution in [3.63, 3.8) is 0 Å². The molecule has 0 N–H and O–H groups in total. The van der Waals surface area contributed by atoms with Gasteiger partial charge in [-0.15, -0.1) is 0 Å². The van der Waals surface area contributed by atoms with Gasteiger partial charge >= 0.3 is 5.97 Å². The van der Waals surface area contributed by atoms with E-state index >= 15 is 0 Å². The first-order valence-electron chi connectivity index (χ1n) is 9.79. The van der Waals surface area contributed by atoms with Crippen molar-refractivity contribution >= 4 is 23.4 Å².